The van der Waals surface area contributed by atoms with Crippen LogP contribution in [0.15, 0.2) is 30.3 Å². The van der Waals surface area contributed by atoms with Crippen molar-refractivity contribution in [3.63, 3.8) is 0 Å². The van der Waals surface area contributed by atoms with E-state index in [4.69, 9.17) is 32.5 Å². The standard InChI is InChI=1S/C14H12ClFN2O3/c1-20-8-2-7(14(18)19)3-9(4-8)21-13-5-10(15)11(16)6-12(13)17/h2-6H,17H2,1H3,(H2,18,19). The molecule has 21 heavy (non-hydrogen) atoms. The largest absolute Gasteiger partial charge is 0.497 e. The molecule has 0 radical (unpaired) electrons. The fourth-order valence-electron chi connectivity index (χ4n) is 1.65. The zero-order valence-corrected chi connectivity index (χ0v) is 11.8. The van der Waals surface area contributed by atoms with Gasteiger partial charge in [0.05, 0.1) is 17.8 Å². The molecule has 0 fully saturated rings. The molecule has 5 nitrogen and oxygen atoms in total. The number of benzene rings is 2. The third-order valence-corrected chi connectivity index (χ3v) is 2.97. The summed E-state index contributed by atoms with van der Waals surface area (Å²) in [6, 6.07) is 6.71. The van der Waals surface area contributed by atoms with Crippen LogP contribution in [0.4, 0.5) is 10.1 Å². The van der Waals surface area contributed by atoms with Gasteiger partial charge < -0.3 is 20.9 Å². The number of ether oxygens (including phenoxy) is 2. The molecule has 0 heterocycles. The summed E-state index contributed by atoms with van der Waals surface area (Å²) in [5, 5.41) is -0.128. The smallest absolute Gasteiger partial charge is 0.248 e. The molecule has 0 atom stereocenters. The first kappa shape index (κ1) is 14.9. The molecule has 0 saturated carbocycles. The Kier molecular flexibility index (Phi) is 4.18. The van der Waals surface area contributed by atoms with E-state index in [1.54, 1.807) is 0 Å². The molecule has 2 aromatic rings. The Morgan fingerprint density at radius 3 is 2.48 bits per heavy atom. The van der Waals surface area contributed by atoms with Crippen LogP contribution in [0.5, 0.6) is 17.2 Å². The number of carbonyl (C=O) groups is 1. The van der Waals surface area contributed by atoms with Crippen molar-refractivity contribution in [2.75, 3.05) is 12.8 Å². The third kappa shape index (κ3) is 3.35. The minimum absolute atomic E-state index is 0.0698. The Hall–Kier alpha value is -2.47. The minimum Gasteiger partial charge on any atom is -0.497 e. The lowest BCUT2D eigenvalue weighted by molar-refractivity contribution is 0.0999. The van der Waals surface area contributed by atoms with Crippen LogP contribution in [-0.4, -0.2) is 13.0 Å². The van der Waals surface area contributed by atoms with Crippen molar-refractivity contribution in [3.8, 4) is 17.2 Å². The maximum absolute atomic E-state index is 13.2. The number of nitrogens with two attached hydrogens (primary N) is 2. The number of rotatable bonds is 4. The number of halogens is 2. The number of hydrogen-bond acceptors (Lipinski definition) is 4. The lowest BCUT2D eigenvalue weighted by Crippen LogP contribution is -2.11. The fourth-order valence-corrected chi connectivity index (χ4v) is 1.80. The molecule has 7 heteroatoms. The number of methoxy groups -OCH3 is 1. The first-order valence-electron chi connectivity index (χ1n) is 5.82. The molecule has 0 aliphatic carbocycles. The van der Waals surface area contributed by atoms with Crippen molar-refractivity contribution in [2.45, 2.75) is 0 Å². The van der Waals surface area contributed by atoms with Gasteiger partial charge in [-0.15, -0.1) is 0 Å². The highest BCUT2D eigenvalue weighted by Crippen LogP contribution is 2.33. The Bertz CT molecular complexity index is 707. The summed E-state index contributed by atoms with van der Waals surface area (Å²) < 4.78 is 23.8. The van der Waals surface area contributed by atoms with Crippen molar-refractivity contribution >= 4 is 23.2 Å². The second kappa shape index (κ2) is 5.88. The second-order valence-corrected chi connectivity index (χ2v) is 4.57. The Balaban J connectivity index is 2.41. The van der Waals surface area contributed by atoms with Gasteiger partial charge in [-0.1, -0.05) is 11.6 Å². The van der Waals surface area contributed by atoms with E-state index in [0.717, 1.165) is 6.07 Å². The predicted molar refractivity (Wildman–Crippen MR) is 77.4 cm³/mol. The van der Waals surface area contributed by atoms with Crippen LogP contribution in [0.3, 0.4) is 0 Å². The van der Waals surface area contributed by atoms with Crippen molar-refractivity contribution in [2.24, 2.45) is 5.73 Å². The molecule has 0 saturated heterocycles. The zero-order chi connectivity index (χ0) is 15.6. The molecule has 0 aromatic heterocycles. The highest BCUT2D eigenvalue weighted by atomic mass is 35.5. The summed E-state index contributed by atoms with van der Waals surface area (Å²) in [5.74, 6) is -0.482. The van der Waals surface area contributed by atoms with E-state index in [-0.39, 0.29) is 27.8 Å². The van der Waals surface area contributed by atoms with Gasteiger partial charge in [-0.25, -0.2) is 4.39 Å². The van der Waals surface area contributed by atoms with Crippen molar-refractivity contribution < 1.29 is 18.7 Å². The maximum atomic E-state index is 13.2. The van der Waals surface area contributed by atoms with Gasteiger partial charge in [-0.05, 0) is 12.1 Å². The average molecular weight is 311 g/mol. The lowest BCUT2D eigenvalue weighted by atomic mass is 10.2. The van der Waals surface area contributed by atoms with Crippen molar-refractivity contribution in [1.82, 2.24) is 0 Å². The Morgan fingerprint density at radius 1 is 1.19 bits per heavy atom. The van der Waals surface area contributed by atoms with E-state index < -0.39 is 11.7 Å². The van der Waals surface area contributed by atoms with Gasteiger partial charge in [0.2, 0.25) is 5.91 Å². The average Bonchev–Trinajstić information content (AvgIpc) is 2.44. The van der Waals surface area contributed by atoms with Gasteiger partial charge in [0.1, 0.15) is 17.3 Å². The normalized spacial score (nSPS) is 10.2. The highest BCUT2D eigenvalue weighted by molar-refractivity contribution is 6.31. The third-order valence-electron chi connectivity index (χ3n) is 2.68. The summed E-state index contributed by atoms with van der Waals surface area (Å²) in [4.78, 5) is 11.3. The van der Waals surface area contributed by atoms with Crippen LogP contribution in [0.25, 0.3) is 0 Å². The van der Waals surface area contributed by atoms with Gasteiger partial charge in [-0.2, -0.15) is 0 Å². The minimum atomic E-state index is -0.648. The number of anilines is 1. The topological polar surface area (TPSA) is 87.6 Å². The van der Waals surface area contributed by atoms with Crippen molar-refractivity contribution in [3.05, 3.63) is 46.7 Å². The summed E-state index contributed by atoms with van der Waals surface area (Å²) in [7, 11) is 1.44. The van der Waals surface area contributed by atoms with E-state index >= 15 is 0 Å². The summed E-state index contributed by atoms with van der Waals surface area (Å²) in [6.45, 7) is 0. The highest BCUT2D eigenvalue weighted by Gasteiger charge is 2.11. The Labute approximate surface area is 125 Å². The molecule has 1 amide bonds. The molecular formula is C14H12ClFN2O3. The fraction of sp³-hybridized carbons (Fsp3) is 0.0714. The van der Waals surface area contributed by atoms with E-state index in [0.29, 0.717) is 5.75 Å². The monoisotopic (exact) mass is 310 g/mol. The van der Waals surface area contributed by atoms with E-state index in [1.165, 1.54) is 31.4 Å². The molecule has 110 valence electrons. The number of hydrogen-bond donors (Lipinski definition) is 2. The van der Waals surface area contributed by atoms with Crippen LogP contribution in [-0.2, 0) is 0 Å². The van der Waals surface area contributed by atoms with E-state index in [9.17, 15) is 9.18 Å². The van der Waals surface area contributed by atoms with Gasteiger partial charge >= 0.3 is 0 Å². The van der Waals surface area contributed by atoms with Crippen LogP contribution in [0.1, 0.15) is 10.4 Å². The van der Waals surface area contributed by atoms with Crippen LogP contribution < -0.4 is 20.9 Å². The molecule has 0 spiro atoms. The number of primary amides is 1. The molecule has 0 aliphatic rings. The van der Waals surface area contributed by atoms with Crippen LogP contribution in [0, 0.1) is 5.82 Å². The SMILES string of the molecule is COc1cc(Oc2cc(Cl)c(F)cc2N)cc(C(N)=O)c1. The maximum Gasteiger partial charge on any atom is 0.248 e. The molecule has 0 aliphatic heterocycles. The molecule has 0 unspecified atom stereocenters. The van der Waals surface area contributed by atoms with Gasteiger partial charge in [0.25, 0.3) is 0 Å². The Morgan fingerprint density at radius 2 is 1.86 bits per heavy atom. The molecule has 0 bridgehead atoms. The van der Waals surface area contributed by atoms with Crippen LogP contribution >= 0.6 is 11.6 Å². The summed E-state index contributed by atoms with van der Waals surface area (Å²) >= 11 is 5.68. The first-order valence-corrected chi connectivity index (χ1v) is 6.19. The van der Waals surface area contributed by atoms with E-state index in [2.05, 4.69) is 0 Å². The quantitative estimate of drug-likeness (QED) is 0.850. The summed E-state index contributed by atoms with van der Waals surface area (Å²) in [6.07, 6.45) is 0. The predicted octanol–water partition coefficient (Wildman–Crippen LogP) is 2.96. The molecular weight excluding hydrogens is 299 g/mol. The number of nitrogen functional groups attached to an aromatic ring is 1. The molecule has 2 rings (SSSR count). The van der Waals surface area contributed by atoms with Crippen molar-refractivity contribution in [1.29, 1.82) is 0 Å². The zero-order valence-electron chi connectivity index (χ0n) is 11.0. The number of amides is 1. The van der Waals surface area contributed by atoms with Gasteiger partial charge in [-0.3, -0.25) is 4.79 Å². The first-order chi connectivity index (χ1) is 9.90. The lowest BCUT2D eigenvalue weighted by Gasteiger charge is -2.11. The molecule has 2 aromatic carbocycles. The van der Waals surface area contributed by atoms with Gasteiger partial charge in [0, 0.05) is 23.8 Å². The molecule has 4 N–H and O–H groups in total. The van der Waals surface area contributed by atoms with Gasteiger partial charge in [0.15, 0.2) is 5.75 Å². The van der Waals surface area contributed by atoms with Crippen LogP contribution in [0.2, 0.25) is 5.02 Å². The second-order valence-electron chi connectivity index (χ2n) is 4.17. The number of carbonyl (C=O) groups excluding carboxylic acids is 1. The summed E-state index contributed by atoms with van der Waals surface area (Å²) in [5.41, 5.74) is 11.2. The van der Waals surface area contributed by atoms with E-state index in [1.807, 2.05) is 0 Å².